The molecule has 1 fully saturated rings. The first-order valence-electron chi connectivity index (χ1n) is 10.0. The standard InChI is InChI=1S/C23H24ClN5O/c1-14-18(3-2-4-19(14)24)20-13-21(29-23(25)28-20)26-12-11-15-5-9-17(10-6-15)27-22(30)16-7-8-16/h2-6,9-10,13,16H,7-8,11-12H2,1H3,(H,27,30)(H3,25,26,28,29). The minimum absolute atomic E-state index is 0.122. The molecule has 0 aliphatic heterocycles. The SMILES string of the molecule is Cc1c(Cl)cccc1-c1cc(NCCc2ccc(NC(=O)C3CC3)cc2)nc(N)n1. The Morgan fingerprint density at radius 1 is 1.17 bits per heavy atom. The first kappa shape index (κ1) is 20.2. The molecule has 4 rings (SSSR count). The van der Waals surface area contributed by atoms with Crippen LogP contribution in [-0.2, 0) is 11.2 Å². The molecular weight excluding hydrogens is 398 g/mol. The largest absolute Gasteiger partial charge is 0.370 e. The van der Waals surface area contributed by atoms with E-state index in [1.54, 1.807) is 0 Å². The van der Waals surface area contributed by atoms with Crippen LogP contribution >= 0.6 is 11.6 Å². The summed E-state index contributed by atoms with van der Waals surface area (Å²) in [5.41, 5.74) is 10.6. The van der Waals surface area contributed by atoms with Crippen molar-refractivity contribution in [3.63, 3.8) is 0 Å². The summed E-state index contributed by atoms with van der Waals surface area (Å²) in [6.07, 6.45) is 2.82. The lowest BCUT2D eigenvalue weighted by atomic mass is 10.1. The lowest BCUT2D eigenvalue weighted by molar-refractivity contribution is -0.117. The Labute approximate surface area is 180 Å². The van der Waals surface area contributed by atoms with Gasteiger partial charge in [0.15, 0.2) is 0 Å². The number of hydrogen-bond donors (Lipinski definition) is 3. The Balaban J connectivity index is 1.37. The van der Waals surface area contributed by atoms with Crippen molar-refractivity contribution in [3.8, 4) is 11.3 Å². The highest BCUT2D eigenvalue weighted by atomic mass is 35.5. The van der Waals surface area contributed by atoms with Crippen molar-refractivity contribution in [2.45, 2.75) is 26.2 Å². The van der Waals surface area contributed by atoms with Crippen molar-refractivity contribution in [1.29, 1.82) is 0 Å². The third-order valence-electron chi connectivity index (χ3n) is 5.18. The molecule has 0 atom stereocenters. The quantitative estimate of drug-likeness (QED) is 0.514. The number of nitrogens with zero attached hydrogens (tertiary/aromatic N) is 2. The fourth-order valence-corrected chi connectivity index (χ4v) is 3.43. The van der Waals surface area contributed by atoms with Crippen molar-refractivity contribution in [3.05, 3.63) is 64.7 Å². The van der Waals surface area contributed by atoms with Crippen LogP contribution in [0.15, 0.2) is 48.5 Å². The van der Waals surface area contributed by atoms with E-state index >= 15 is 0 Å². The first-order valence-corrected chi connectivity index (χ1v) is 10.4. The maximum atomic E-state index is 11.8. The Kier molecular flexibility index (Phi) is 5.86. The van der Waals surface area contributed by atoms with Crippen LogP contribution in [0, 0.1) is 12.8 Å². The predicted octanol–water partition coefficient (Wildman–Crippen LogP) is 4.69. The van der Waals surface area contributed by atoms with Gasteiger partial charge in [0.2, 0.25) is 11.9 Å². The number of halogens is 1. The van der Waals surface area contributed by atoms with Gasteiger partial charge >= 0.3 is 0 Å². The van der Waals surface area contributed by atoms with Gasteiger partial charge in [0.25, 0.3) is 0 Å². The molecule has 7 heteroatoms. The number of benzene rings is 2. The monoisotopic (exact) mass is 421 g/mol. The van der Waals surface area contributed by atoms with Crippen molar-refractivity contribution in [1.82, 2.24) is 9.97 Å². The van der Waals surface area contributed by atoms with Gasteiger partial charge in [-0.15, -0.1) is 0 Å². The second kappa shape index (κ2) is 8.71. The Bertz CT molecular complexity index is 1060. The summed E-state index contributed by atoms with van der Waals surface area (Å²) in [6.45, 7) is 2.65. The van der Waals surface area contributed by atoms with E-state index in [9.17, 15) is 4.79 Å². The zero-order valence-electron chi connectivity index (χ0n) is 16.8. The molecule has 1 aliphatic rings. The average Bonchev–Trinajstić information content (AvgIpc) is 3.56. The highest BCUT2D eigenvalue weighted by Gasteiger charge is 2.29. The second-order valence-corrected chi connectivity index (χ2v) is 7.95. The van der Waals surface area contributed by atoms with E-state index in [4.69, 9.17) is 17.3 Å². The summed E-state index contributed by atoms with van der Waals surface area (Å²) in [6, 6.07) is 15.5. The Morgan fingerprint density at radius 2 is 1.93 bits per heavy atom. The average molecular weight is 422 g/mol. The van der Waals surface area contributed by atoms with Gasteiger partial charge in [-0.3, -0.25) is 4.79 Å². The van der Waals surface area contributed by atoms with Crippen LogP contribution in [-0.4, -0.2) is 22.4 Å². The summed E-state index contributed by atoms with van der Waals surface area (Å²) in [7, 11) is 0. The highest BCUT2D eigenvalue weighted by molar-refractivity contribution is 6.31. The van der Waals surface area contributed by atoms with E-state index < -0.39 is 0 Å². The van der Waals surface area contributed by atoms with Crippen LogP contribution in [0.4, 0.5) is 17.5 Å². The molecule has 1 aliphatic carbocycles. The van der Waals surface area contributed by atoms with Crippen molar-refractivity contribution in [2.24, 2.45) is 5.92 Å². The van der Waals surface area contributed by atoms with Gasteiger partial charge in [0, 0.05) is 34.8 Å². The number of rotatable bonds is 7. The van der Waals surface area contributed by atoms with E-state index in [0.717, 1.165) is 41.8 Å². The Morgan fingerprint density at radius 3 is 2.67 bits per heavy atom. The number of hydrogen-bond acceptors (Lipinski definition) is 5. The minimum atomic E-state index is 0.122. The predicted molar refractivity (Wildman–Crippen MR) is 122 cm³/mol. The number of nitrogens with two attached hydrogens (primary N) is 1. The fraction of sp³-hybridized carbons (Fsp3) is 0.261. The minimum Gasteiger partial charge on any atom is -0.370 e. The molecule has 3 aromatic rings. The molecule has 30 heavy (non-hydrogen) atoms. The first-order chi connectivity index (χ1) is 14.5. The van der Waals surface area contributed by atoms with E-state index in [1.165, 1.54) is 5.56 Å². The van der Waals surface area contributed by atoms with Crippen LogP contribution in [0.25, 0.3) is 11.3 Å². The number of carbonyl (C=O) groups is 1. The molecule has 1 heterocycles. The van der Waals surface area contributed by atoms with Crippen molar-refractivity contribution in [2.75, 3.05) is 22.9 Å². The molecule has 4 N–H and O–H groups in total. The molecule has 0 unspecified atom stereocenters. The molecular formula is C23H24ClN5O. The zero-order valence-corrected chi connectivity index (χ0v) is 17.5. The van der Waals surface area contributed by atoms with Gasteiger partial charge in [-0.05, 0) is 55.5 Å². The van der Waals surface area contributed by atoms with E-state index in [2.05, 4.69) is 20.6 Å². The summed E-state index contributed by atoms with van der Waals surface area (Å²) in [4.78, 5) is 20.5. The van der Waals surface area contributed by atoms with E-state index in [0.29, 0.717) is 17.4 Å². The lowest BCUT2D eigenvalue weighted by Crippen LogP contribution is -2.13. The molecule has 1 amide bonds. The van der Waals surface area contributed by atoms with Gasteiger partial charge < -0.3 is 16.4 Å². The summed E-state index contributed by atoms with van der Waals surface area (Å²) >= 11 is 6.24. The molecule has 154 valence electrons. The Hall–Kier alpha value is -3.12. The molecule has 0 spiro atoms. The normalized spacial score (nSPS) is 13.1. The second-order valence-electron chi connectivity index (χ2n) is 7.55. The maximum absolute atomic E-state index is 11.8. The zero-order chi connectivity index (χ0) is 21.1. The molecule has 1 saturated carbocycles. The number of nitrogens with one attached hydrogen (secondary N) is 2. The van der Waals surface area contributed by atoms with E-state index in [-0.39, 0.29) is 17.8 Å². The van der Waals surface area contributed by atoms with Gasteiger partial charge in [-0.1, -0.05) is 35.9 Å². The molecule has 0 radical (unpaired) electrons. The van der Waals surface area contributed by atoms with Gasteiger partial charge in [-0.25, -0.2) is 4.98 Å². The van der Waals surface area contributed by atoms with Crippen LogP contribution in [0.5, 0.6) is 0 Å². The molecule has 0 saturated heterocycles. The number of aromatic nitrogens is 2. The number of nitrogen functional groups attached to an aromatic ring is 1. The van der Waals surface area contributed by atoms with Gasteiger partial charge in [0.05, 0.1) is 5.69 Å². The number of amides is 1. The van der Waals surface area contributed by atoms with Gasteiger partial charge in [0.1, 0.15) is 5.82 Å². The summed E-state index contributed by atoms with van der Waals surface area (Å²) in [5, 5.41) is 6.96. The molecule has 2 aromatic carbocycles. The molecule has 1 aromatic heterocycles. The van der Waals surface area contributed by atoms with Crippen molar-refractivity contribution >= 4 is 35.0 Å². The number of anilines is 3. The van der Waals surface area contributed by atoms with Crippen molar-refractivity contribution < 1.29 is 4.79 Å². The smallest absolute Gasteiger partial charge is 0.227 e. The van der Waals surface area contributed by atoms with Gasteiger partial charge in [-0.2, -0.15) is 4.98 Å². The highest BCUT2D eigenvalue weighted by Crippen LogP contribution is 2.30. The lowest BCUT2D eigenvalue weighted by Gasteiger charge is -2.11. The maximum Gasteiger partial charge on any atom is 0.227 e. The molecule has 0 bridgehead atoms. The third kappa shape index (κ3) is 4.89. The topological polar surface area (TPSA) is 92.9 Å². The summed E-state index contributed by atoms with van der Waals surface area (Å²) < 4.78 is 0. The van der Waals surface area contributed by atoms with Crippen LogP contribution in [0.1, 0.15) is 24.0 Å². The number of carbonyl (C=O) groups excluding carboxylic acids is 1. The third-order valence-corrected chi connectivity index (χ3v) is 5.59. The van der Waals surface area contributed by atoms with E-state index in [1.807, 2.05) is 55.5 Å². The summed E-state index contributed by atoms with van der Waals surface area (Å²) in [5.74, 6) is 1.21. The van der Waals surface area contributed by atoms with Crippen LogP contribution < -0.4 is 16.4 Å². The fourth-order valence-electron chi connectivity index (χ4n) is 3.26. The molecule has 6 nitrogen and oxygen atoms in total. The van der Waals surface area contributed by atoms with Crippen LogP contribution in [0.2, 0.25) is 5.02 Å². The van der Waals surface area contributed by atoms with Crippen LogP contribution in [0.3, 0.4) is 0 Å².